The van der Waals surface area contributed by atoms with Crippen LogP contribution in [-0.2, 0) is 13.1 Å². The zero-order valence-electron chi connectivity index (χ0n) is 14.8. The lowest BCUT2D eigenvalue weighted by Crippen LogP contribution is -2.45. The van der Waals surface area contributed by atoms with Crippen LogP contribution in [0.2, 0.25) is 0 Å². The van der Waals surface area contributed by atoms with Gasteiger partial charge in [-0.3, -0.25) is 14.5 Å². The first kappa shape index (κ1) is 16.3. The number of hydrogen-bond donors (Lipinski definition) is 0. The van der Waals surface area contributed by atoms with Crippen molar-refractivity contribution >= 4 is 0 Å². The van der Waals surface area contributed by atoms with E-state index in [-0.39, 0.29) is 0 Å². The SMILES string of the molecule is CN1C(Cn2cccn2)CC2CN(Cc3cccc(C#N)c3)CCC21. The molecule has 1 aromatic carbocycles. The molecule has 5 heteroatoms. The van der Waals surface area contributed by atoms with Gasteiger partial charge in [-0.2, -0.15) is 10.4 Å². The minimum atomic E-state index is 0.580. The third-order valence-electron chi connectivity index (χ3n) is 5.87. The van der Waals surface area contributed by atoms with Gasteiger partial charge in [0.1, 0.15) is 0 Å². The van der Waals surface area contributed by atoms with Gasteiger partial charge >= 0.3 is 0 Å². The molecule has 0 saturated carbocycles. The summed E-state index contributed by atoms with van der Waals surface area (Å²) < 4.78 is 2.06. The molecule has 5 nitrogen and oxygen atoms in total. The fraction of sp³-hybridized carbons (Fsp3) is 0.500. The summed E-state index contributed by atoms with van der Waals surface area (Å²) in [7, 11) is 2.28. The van der Waals surface area contributed by atoms with Gasteiger partial charge in [0.15, 0.2) is 0 Å². The van der Waals surface area contributed by atoms with E-state index >= 15 is 0 Å². The van der Waals surface area contributed by atoms with Crippen LogP contribution in [0.1, 0.15) is 24.0 Å². The Kier molecular flexibility index (Phi) is 4.56. The zero-order chi connectivity index (χ0) is 17.2. The first-order chi connectivity index (χ1) is 12.2. The Hall–Kier alpha value is -2.16. The van der Waals surface area contributed by atoms with E-state index in [1.165, 1.54) is 18.4 Å². The molecular weight excluding hydrogens is 310 g/mol. The molecule has 0 spiro atoms. The first-order valence-corrected chi connectivity index (χ1v) is 9.13. The van der Waals surface area contributed by atoms with Crippen LogP contribution in [0.4, 0.5) is 0 Å². The van der Waals surface area contributed by atoms with Crippen molar-refractivity contribution in [2.75, 3.05) is 20.1 Å². The van der Waals surface area contributed by atoms with Gasteiger partial charge in [-0.25, -0.2) is 0 Å². The van der Waals surface area contributed by atoms with Crippen LogP contribution in [0.25, 0.3) is 0 Å². The molecule has 25 heavy (non-hydrogen) atoms. The Bertz CT molecular complexity index is 748. The molecule has 0 N–H and O–H groups in total. The lowest BCUT2D eigenvalue weighted by molar-refractivity contribution is 0.109. The number of nitrogens with zero attached hydrogens (tertiary/aromatic N) is 5. The first-order valence-electron chi connectivity index (χ1n) is 9.13. The van der Waals surface area contributed by atoms with Crippen molar-refractivity contribution in [3.8, 4) is 6.07 Å². The molecule has 2 saturated heterocycles. The number of likely N-dealkylation sites (tertiary alicyclic amines) is 2. The lowest BCUT2D eigenvalue weighted by atomic mass is 9.92. The number of nitriles is 1. The molecule has 4 rings (SSSR count). The maximum Gasteiger partial charge on any atom is 0.0991 e. The van der Waals surface area contributed by atoms with Crippen LogP contribution in [0.3, 0.4) is 0 Å². The third-order valence-corrected chi connectivity index (χ3v) is 5.87. The topological polar surface area (TPSA) is 48.1 Å². The van der Waals surface area contributed by atoms with Crippen LogP contribution in [0.5, 0.6) is 0 Å². The average molecular weight is 335 g/mol. The molecule has 2 fully saturated rings. The van der Waals surface area contributed by atoms with Crippen molar-refractivity contribution in [3.63, 3.8) is 0 Å². The lowest BCUT2D eigenvalue weighted by Gasteiger charge is -2.37. The molecular formula is C20H25N5. The summed E-state index contributed by atoms with van der Waals surface area (Å²) in [4.78, 5) is 5.14. The second-order valence-corrected chi connectivity index (χ2v) is 7.45. The van der Waals surface area contributed by atoms with Crippen LogP contribution in [0, 0.1) is 17.2 Å². The highest BCUT2D eigenvalue weighted by atomic mass is 15.3. The van der Waals surface area contributed by atoms with Gasteiger partial charge in [-0.05, 0) is 56.1 Å². The van der Waals surface area contributed by atoms with Gasteiger partial charge in [-0.1, -0.05) is 12.1 Å². The van der Waals surface area contributed by atoms with Gasteiger partial charge in [-0.15, -0.1) is 0 Å². The summed E-state index contributed by atoms with van der Waals surface area (Å²) >= 11 is 0. The van der Waals surface area contributed by atoms with E-state index in [2.05, 4.69) is 45.0 Å². The van der Waals surface area contributed by atoms with E-state index in [0.717, 1.165) is 37.7 Å². The minimum Gasteiger partial charge on any atom is -0.299 e. The normalized spacial score (nSPS) is 27.1. The van der Waals surface area contributed by atoms with Crippen molar-refractivity contribution in [2.24, 2.45) is 5.92 Å². The quantitative estimate of drug-likeness (QED) is 0.860. The monoisotopic (exact) mass is 335 g/mol. The van der Waals surface area contributed by atoms with Crippen molar-refractivity contribution in [3.05, 3.63) is 53.9 Å². The maximum atomic E-state index is 9.08. The van der Waals surface area contributed by atoms with E-state index in [4.69, 9.17) is 5.26 Å². The Morgan fingerprint density at radius 3 is 3.04 bits per heavy atom. The van der Waals surface area contributed by atoms with E-state index in [1.54, 1.807) is 0 Å². The van der Waals surface area contributed by atoms with Gasteiger partial charge in [0.2, 0.25) is 0 Å². The molecule has 130 valence electrons. The van der Waals surface area contributed by atoms with Crippen LogP contribution < -0.4 is 0 Å². The minimum absolute atomic E-state index is 0.580. The second-order valence-electron chi connectivity index (χ2n) is 7.45. The Balaban J connectivity index is 1.38. The molecule has 0 aliphatic carbocycles. The van der Waals surface area contributed by atoms with Gasteiger partial charge in [0.05, 0.1) is 18.2 Å². The number of likely N-dealkylation sites (N-methyl/N-ethyl adjacent to an activating group) is 1. The summed E-state index contributed by atoms with van der Waals surface area (Å²) in [5.74, 6) is 0.735. The number of rotatable bonds is 4. The average Bonchev–Trinajstić information content (AvgIpc) is 3.24. The highest BCUT2D eigenvalue weighted by molar-refractivity contribution is 5.32. The van der Waals surface area contributed by atoms with Crippen molar-refractivity contribution < 1.29 is 0 Å². The molecule has 3 atom stereocenters. The molecule has 2 aliphatic heterocycles. The number of aromatic nitrogens is 2. The summed E-state index contributed by atoms with van der Waals surface area (Å²) in [6.07, 6.45) is 6.40. The number of hydrogen-bond acceptors (Lipinski definition) is 4. The largest absolute Gasteiger partial charge is 0.299 e. The standard InChI is InChI=1S/C20H25N5/c1-23-19(15-25-8-3-7-22-25)11-18-14-24(9-6-20(18)23)13-17-5-2-4-16(10-17)12-21/h2-5,7-8,10,18-20H,6,9,11,13-15H2,1H3. The van der Waals surface area contributed by atoms with E-state index < -0.39 is 0 Å². The Labute approximate surface area is 149 Å². The zero-order valence-corrected chi connectivity index (χ0v) is 14.8. The fourth-order valence-corrected chi connectivity index (χ4v) is 4.62. The van der Waals surface area contributed by atoms with Crippen molar-refractivity contribution in [2.45, 2.75) is 38.0 Å². The van der Waals surface area contributed by atoms with Crippen LogP contribution in [-0.4, -0.2) is 51.8 Å². The number of benzene rings is 1. The Morgan fingerprint density at radius 1 is 1.32 bits per heavy atom. The predicted octanol–water partition coefficient (Wildman–Crippen LogP) is 2.35. The molecule has 0 radical (unpaired) electrons. The fourth-order valence-electron chi connectivity index (χ4n) is 4.62. The van der Waals surface area contributed by atoms with Gasteiger partial charge < -0.3 is 0 Å². The van der Waals surface area contributed by atoms with Crippen molar-refractivity contribution in [1.82, 2.24) is 19.6 Å². The van der Waals surface area contributed by atoms with E-state index in [0.29, 0.717) is 12.1 Å². The van der Waals surface area contributed by atoms with Gasteiger partial charge in [0.25, 0.3) is 0 Å². The molecule has 0 amide bonds. The van der Waals surface area contributed by atoms with Crippen LogP contribution >= 0.6 is 0 Å². The molecule has 0 bridgehead atoms. The van der Waals surface area contributed by atoms with E-state index in [9.17, 15) is 0 Å². The number of piperidine rings is 1. The molecule has 2 aromatic rings. The third kappa shape index (κ3) is 3.46. The highest BCUT2D eigenvalue weighted by Crippen LogP contribution is 2.35. The summed E-state index contributed by atoms with van der Waals surface area (Å²) in [5.41, 5.74) is 2.00. The second kappa shape index (κ2) is 6.99. The van der Waals surface area contributed by atoms with E-state index in [1.807, 2.05) is 30.5 Å². The summed E-state index contributed by atoms with van der Waals surface area (Å²) in [6, 6.07) is 13.5. The maximum absolute atomic E-state index is 9.08. The summed E-state index contributed by atoms with van der Waals surface area (Å²) in [6.45, 7) is 4.23. The smallest absolute Gasteiger partial charge is 0.0991 e. The highest BCUT2D eigenvalue weighted by Gasteiger charge is 2.41. The van der Waals surface area contributed by atoms with Crippen LogP contribution in [0.15, 0.2) is 42.7 Å². The molecule has 3 heterocycles. The number of fused-ring (bicyclic) bond motifs is 1. The predicted molar refractivity (Wildman–Crippen MR) is 96.7 cm³/mol. The summed E-state index contributed by atoms with van der Waals surface area (Å²) in [5, 5.41) is 13.5. The van der Waals surface area contributed by atoms with Crippen molar-refractivity contribution in [1.29, 1.82) is 5.26 Å². The molecule has 3 unspecified atom stereocenters. The Morgan fingerprint density at radius 2 is 2.24 bits per heavy atom. The molecule has 1 aromatic heterocycles. The molecule has 2 aliphatic rings. The van der Waals surface area contributed by atoms with Gasteiger partial charge in [0, 0.05) is 37.6 Å².